The molecule has 2 aliphatic rings. The van der Waals surface area contributed by atoms with E-state index in [1.54, 1.807) is 9.80 Å². The van der Waals surface area contributed by atoms with Gasteiger partial charge in [0.2, 0.25) is 11.8 Å². The van der Waals surface area contributed by atoms with E-state index < -0.39 is 5.92 Å². The molecule has 31 heavy (non-hydrogen) atoms. The molecule has 162 valence electrons. The van der Waals surface area contributed by atoms with Gasteiger partial charge in [0.05, 0.1) is 25.0 Å². The van der Waals surface area contributed by atoms with Crippen LogP contribution in [-0.2, 0) is 19.1 Å². The Labute approximate surface area is 182 Å². The lowest BCUT2D eigenvalue weighted by Gasteiger charge is -2.39. The van der Waals surface area contributed by atoms with Gasteiger partial charge >= 0.3 is 5.97 Å². The van der Waals surface area contributed by atoms with Gasteiger partial charge in [-0.1, -0.05) is 48.5 Å². The summed E-state index contributed by atoms with van der Waals surface area (Å²) < 4.78 is 4.99. The molecule has 6 heteroatoms. The zero-order valence-electron chi connectivity index (χ0n) is 18.2. The average molecular weight is 421 g/mol. The van der Waals surface area contributed by atoms with Crippen LogP contribution in [0.1, 0.15) is 49.8 Å². The van der Waals surface area contributed by atoms with E-state index in [1.807, 2.05) is 68.4 Å². The van der Waals surface area contributed by atoms with Crippen molar-refractivity contribution in [3.63, 3.8) is 0 Å². The molecular formula is C25H28N2O4. The highest BCUT2D eigenvalue weighted by molar-refractivity contribution is 6.01. The number of ether oxygens (including phenoxy) is 1. The maximum Gasteiger partial charge on any atom is 0.313 e. The zero-order valence-corrected chi connectivity index (χ0v) is 18.2. The maximum absolute atomic E-state index is 13.6. The molecule has 0 aromatic heterocycles. The number of likely N-dealkylation sites (tertiary alicyclic amines) is 1. The van der Waals surface area contributed by atoms with Gasteiger partial charge in [0.25, 0.3) is 0 Å². The third kappa shape index (κ3) is 3.82. The predicted octanol–water partition coefficient (Wildman–Crippen LogP) is 3.68. The highest BCUT2D eigenvalue weighted by Gasteiger charge is 2.43. The maximum atomic E-state index is 13.6. The second kappa shape index (κ2) is 8.53. The van der Waals surface area contributed by atoms with Gasteiger partial charge in [0, 0.05) is 24.7 Å². The third-order valence-corrected chi connectivity index (χ3v) is 6.57. The van der Waals surface area contributed by atoms with Crippen LogP contribution < -0.4 is 4.90 Å². The van der Waals surface area contributed by atoms with Crippen molar-refractivity contribution in [2.75, 3.05) is 18.6 Å². The fraction of sp³-hybridized carbons (Fsp3) is 0.400. The van der Waals surface area contributed by atoms with Crippen molar-refractivity contribution in [3.8, 4) is 0 Å². The number of hydrogen-bond donors (Lipinski definition) is 0. The van der Waals surface area contributed by atoms with Crippen LogP contribution in [0.5, 0.6) is 0 Å². The minimum absolute atomic E-state index is 0.0000815. The summed E-state index contributed by atoms with van der Waals surface area (Å²) in [6, 6.07) is 17.1. The third-order valence-electron chi connectivity index (χ3n) is 6.57. The molecular weight excluding hydrogens is 392 g/mol. The first-order valence-corrected chi connectivity index (χ1v) is 10.8. The smallest absolute Gasteiger partial charge is 0.313 e. The summed E-state index contributed by atoms with van der Waals surface area (Å²) in [7, 11) is 1.39. The van der Waals surface area contributed by atoms with Gasteiger partial charge in [-0.2, -0.15) is 0 Å². The van der Waals surface area contributed by atoms with Crippen LogP contribution in [0.2, 0.25) is 0 Å². The average Bonchev–Trinajstić information content (AvgIpc) is 3.19. The number of amides is 2. The minimum atomic E-state index is -0.399. The zero-order chi connectivity index (χ0) is 22.1. The van der Waals surface area contributed by atoms with Crippen molar-refractivity contribution < 1.29 is 19.1 Å². The second-order valence-electron chi connectivity index (χ2n) is 8.46. The Kier molecular flexibility index (Phi) is 5.81. The number of esters is 1. The molecule has 0 aliphatic carbocycles. The first-order valence-electron chi connectivity index (χ1n) is 10.8. The topological polar surface area (TPSA) is 66.9 Å². The summed E-state index contributed by atoms with van der Waals surface area (Å²) in [4.78, 5) is 42.3. The molecule has 0 bridgehead atoms. The van der Waals surface area contributed by atoms with Crippen LogP contribution in [0.3, 0.4) is 0 Å². The van der Waals surface area contributed by atoms with Gasteiger partial charge in [0.15, 0.2) is 0 Å². The number of rotatable bonds is 4. The van der Waals surface area contributed by atoms with E-state index in [1.165, 1.54) is 7.11 Å². The number of hydrogen-bond acceptors (Lipinski definition) is 4. The summed E-state index contributed by atoms with van der Waals surface area (Å²) in [5.41, 5.74) is 2.60. The highest BCUT2D eigenvalue weighted by Crippen LogP contribution is 2.41. The summed E-state index contributed by atoms with van der Waals surface area (Å²) in [5.74, 6) is -1.13. The summed E-state index contributed by atoms with van der Waals surface area (Å²) in [5, 5.41) is 0. The lowest BCUT2D eigenvalue weighted by Crippen LogP contribution is -2.47. The number of benzene rings is 2. The molecule has 6 nitrogen and oxygen atoms in total. The summed E-state index contributed by atoms with van der Waals surface area (Å²) in [6.07, 6.45) is 0.710. The molecule has 0 saturated carbocycles. The van der Waals surface area contributed by atoms with Crippen molar-refractivity contribution >= 4 is 23.5 Å². The number of carbonyl (C=O) groups excluding carboxylic acids is 3. The van der Waals surface area contributed by atoms with Gasteiger partial charge in [-0.15, -0.1) is 0 Å². The van der Waals surface area contributed by atoms with E-state index in [4.69, 9.17) is 4.74 Å². The molecule has 0 spiro atoms. The van der Waals surface area contributed by atoms with Crippen molar-refractivity contribution in [1.82, 2.24) is 4.90 Å². The number of methoxy groups -OCH3 is 1. The molecule has 2 aliphatic heterocycles. The van der Waals surface area contributed by atoms with E-state index in [0.717, 1.165) is 16.8 Å². The fourth-order valence-corrected chi connectivity index (χ4v) is 4.89. The van der Waals surface area contributed by atoms with Crippen LogP contribution in [0, 0.1) is 5.92 Å². The Morgan fingerprint density at radius 3 is 2.45 bits per heavy atom. The Morgan fingerprint density at radius 1 is 1.06 bits per heavy atom. The monoisotopic (exact) mass is 420 g/mol. The van der Waals surface area contributed by atoms with Crippen LogP contribution in [0.4, 0.5) is 5.69 Å². The summed E-state index contributed by atoms with van der Waals surface area (Å²) >= 11 is 0. The molecule has 1 saturated heterocycles. The van der Waals surface area contributed by atoms with Gasteiger partial charge in [-0.05, 0) is 37.5 Å². The fourth-order valence-electron chi connectivity index (χ4n) is 4.89. The van der Waals surface area contributed by atoms with E-state index in [2.05, 4.69) is 0 Å². The van der Waals surface area contributed by atoms with E-state index in [-0.39, 0.29) is 42.2 Å². The molecule has 0 N–H and O–H groups in total. The molecule has 2 amide bonds. The van der Waals surface area contributed by atoms with Crippen LogP contribution >= 0.6 is 0 Å². The lowest BCUT2D eigenvalue weighted by atomic mass is 9.85. The Hall–Kier alpha value is -3.15. The Bertz CT molecular complexity index is 990. The SMILES string of the molecule is COC(=O)C1CC(C)N(C(=O)C2CC(=O)N(C(C)c3ccccc3)C2)c2ccccc21. The standard InChI is InChI=1S/C25H28N2O4/c1-16-13-21(25(30)31-3)20-11-7-8-12-22(20)27(16)24(29)19-14-23(28)26(15-19)17(2)18-9-5-4-6-10-18/h4-12,16-17,19,21H,13-15H2,1-3H3. The van der Waals surface area contributed by atoms with E-state index in [0.29, 0.717) is 13.0 Å². The van der Waals surface area contributed by atoms with Crippen molar-refractivity contribution in [2.24, 2.45) is 5.92 Å². The number of fused-ring (bicyclic) bond motifs is 1. The number of anilines is 1. The molecule has 2 aromatic carbocycles. The molecule has 0 radical (unpaired) electrons. The Morgan fingerprint density at radius 2 is 1.74 bits per heavy atom. The predicted molar refractivity (Wildman–Crippen MR) is 117 cm³/mol. The minimum Gasteiger partial charge on any atom is -0.469 e. The second-order valence-corrected chi connectivity index (χ2v) is 8.46. The number of para-hydroxylation sites is 1. The molecule has 4 rings (SSSR count). The molecule has 2 aromatic rings. The quantitative estimate of drug-likeness (QED) is 0.708. The normalized spacial score (nSPS) is 24.0. The van der Waals surface area contributed by atoms with Crippen molar-refractivity contribution in [2.45, 2.75) is 44.7 Å². The molecule has 4 atom stereocenters. The van der Waals surface area contributed by atoms with Crippen molar-refractivity contribution in [1.29, 1.82) is 0 Å². The van der Waals surface area contributed by atoms with Gasteiger partial charge < -0.3 is 14.5 Å². The highest BCUT2D eigenvalue weighted by atomic mass is 16.5. The first-order chi connectivity index (χ1) is 14.9. The largest absolute Gasteiger partial charge is 0.469 e. The van der Waals surface area contributed by atoms with Crippen LogP contribution in [0.15, 0.2) is 54.6 Å². The van der Waals surface area contributed by atoms with Crippen LogP contribution in [-0.4, -0.2) is 42.4 Å². The Balaban J connectivity index is 1.58. The van der Waals surface area contributed by atoms with Gasteiger partial charge in [-0.3, -0.25) is 14.4 Å². The number of nitrogens with zero attached hydrogens (tertiary/aromatic N) is 2. The first kappa shape index (κ1) is 21.1. The van der Waals surface area contributed by atoms with Gasteiger partial charge in [0.1, 0.15) is 0 Å². The van der Waals surface area contributed by atoms with E-state index >= 15 is 0 Å². The molecule has 2 heterocycles. The molecule has 4 unspecified atom stereocenters. The lowest BCUT2D eigenvalue weighted by molar-refractivity contribution is -0.143. The van der Waals surface area contributed by atoms with Crippen LogP contribution in [0.25, 0.3) is 0 Å². The molecule has 1 fully saturated rings. The van der Waals surface area contributed by atoms with Gasteiger partial charge in [-0.25, -0.2) is 0 Å². The summed E-state index contributed by atoms with van der Waals surface area (Å²) in [6.45, 7) is 4.35. The van der Waals surface area contributed by atoms with E-state index in [9.17, 15) is 14.4 Å². The van der Waals surface area contributed by atoms with Crippen molar-refractivity contribution in [3.05, 3.63) is 65.7 Å². The number of carbonyl (C=O) groups is 3.